The molecule has 0 amide bonds. The summed E-state index contributed by atoms with van der Waals surface area (Å²) in [7, 11) is -3.42. The van der Waals surface area contributed by atoms with Crippen LogP contribution in [0.3, 0.4) is 0 Å². The van der Waals surface area contributed by atoms with E-state index in [1.54, 1.807) is 24.3 Å². The molecule has 100 valence electrons. The highest BCUT2D eigenvalue weighted by Crippen LogP contribution is 2.29. The van der Waals surface area contributed by atoms with Gasteiger partial charge in [0.1, 0.15) is 0 Å². The minimum atomic E-state index is -3.42. The fourth-order valence-electron chi connectivity index (χ4n) is 2.23. The Balaban J connectivity index is 2.21. The number of aliphatic hydroxyl groups is 1. The van der Waals surface area contributed by atoms with E-state index in [0.29, 0.717) is 28.9 Å². The predicted octanol–water partition coefficient (Wildman–Crippen LogP) is 1.84. The number of benzene rings is 1. The summed E-state index contributed by atoms with van der Waals surface area (Å²) in [5.41, 5.74) is 0. The van der Waals surface area contributed by atoms with Crippen molar-refractivity contribution in [3.63, 3.8) is 0 Å². The standard InChI is InChI=1S/C12H16BrNO3S/c13-11-3-1-2-4-12(11)18(16,17)14-7-5-10(9-14)6-8-15/h1-4,10,15H,5-9H2. The van der Waals surface area contributed by atoms with Crippen molar-refractivity contribution in [3.05, 3.63) is 28.7 Å². The molecule has 1 aromatic carbocycles. The molecular weight excluding hydrogens is 318 g/mol. The van der Waals surface area contributed by atoms with Crippen LogP contribution in [0.4, 0.5) is 0 Å². The molecule has 1 aromatic rings. The number of sulfonamides is 1. The maximum Gasteiger partial charge on any atom is 0.244 e. The van der Waals surface area contributed by atoms with Crippen LogP contribution in [0.1, 0.15) is 12.8 Å². The van der Waals surface area contributed by atoms with Crippen molar-refractivity contribution in [2.45, 2.75) is 17.7 Å². The van der Waals surface area contributed by atoms with Crippen LogP contribution in [0.25, 0.3) is 0 Å². The average Bonchev–Trinajstić information content (AvgIpc) is 2.79. The molecule has 1 aliphatic heterocycles. The molecule has 0 bridgehead atoms. The van der Waals surface area contributed by atoms with E-state index in [-0.39, 0.29) is 12.5 Å². The van der Waals surface area contributed by atoms with Crippen molar-refractivity contribution >= 4 is 26.0 Å². The van der Waals surface area contributed by atoms with Crippen LogP contribution in [-0.4, -0.2) is 37.5 Å². The second-order valence-corrected chi connectivity index (χ2v) is 7.22. The molecule has 1 atom stereocenters. The molecule has 18 heavy (non-hydrogen) atoms. The van der Waals surface area contributed by atoms with Crippen LogP contribution in [0.5, 0.6) is 0 Å². The Labute approximate surface area is 116 Å². The van der Waals surface area contributed by atoms with Gasteiger partial charge < -0.3 is 5.11 Å². The van der Waals surface area contributed by atoms with Gasteiger partial charge in [-0.25, -0.2) is 8.42 Å². The van der Waals surface area contributed by atoms with E-state index in [4.69, 9.17) is 5.11 Å². The van der Waals surface area contributed by atoms with Crippen LogP contribution >= 0.6 is 15.9 Å². The van der Waals surface area contributed by atoms with Crippen molar-refractivity contribution in [2.24, 2.45) is 5.92 Å². The Morgan fingerprint density at radius 1 is 1.39 bits per heavy atom. The summed E-state index contributed by atoms with van der Waals surface area (Å²) in [6, 6.07) is 6.85. The van der Waals surface area contributed by atoms with E-state index in [2.05, 4.69) is 15.9 Å². The fraction of sp³-hybridized carbons (Fsp3) is 0.500. The molecule has 6 heteroatoms. The second kappa shape index (κ2) is 5.69. The third kappa shape index (κ3) is 2.77. The van der Waals surface area contributed by atoms with Crippen LogP contribution in [-0.2, 0) is 10.0 Å². The summed E-state index contributed by atoms with van der Waals surface area (Å²) in [5.74, 6) is 0.271. The number of hydrogen-bond acceptors (Lipinski definition) is 3. The highest BCUT2D eigenvalue weighted by atomic mass is 79.9. The molecule has 1 heterocycles. The van der Waals surface area contributed by atoms with E-state index in [1.165, 1.54) is 4.31 Å². The molecule has 4 nitrogen and oxygen atoms in total. The quantitative estimate of drug-likeness (QED) is 0.914. The summed E-state index contributed by atoms with van der Waals surface area (Å²) in [4.78, 5) is 0.314. The Morgan fingerprint density at radius 3 is 2.78 bits per heavy atom. The second-order valence-electron chi connectivity index (χ2n) is 4.46. The third-order valence-corrected chi connectivity index (χ3v) is 6.12. The SMILES string of the molecule is O=S(=O)(c1ccccc1Br)N1CCC(CCO)C1. The monoisotopic (exact) mass is 333 g/mol. The van der Waals surface area contributed by atoms with E-state index in [1.807, 2.05) is 0 Å². The fourth-order valence-corrected chi connectivity index (χ4v) is 4.72. The van der Waals surface area contributed by atoms with E-state index in [0.717, 1.165) is 6.42 Å². The minimum absolute atomic E-state index is 0.119. The molecule has 1 saturated heterocycles. The van der Waals surface area contributed by atoms with Crippen molar-refractivity contribution in [2.75, 3.05) is 19.7 Å². The van der Waals surface area contributed by atoms with Gasteiger partial charge in [-0.2, -0.15) is 4.31 Å². The first-order valence-electron chi connectivity index (χ1n) is 5.91. The highest BCUT2D eigenvalue weighted by Gasteiger charge is 2.33. The van der Waals surface area contributed by atoms with Crippen LogP contribution in [0, 0.1) is 5.92 Å². The maximum atomic E-state index is 12.4. The summed E-state index contributed by atoms with van der Waals surface area (Å²) >= 11 is 3.28. The van der Waals surface area contributed by atoms with Crippen LogP contribution in [0.15, 0.2) is 33.6 Å². The van der Waals surface area contributed by atoms with Crippen molar-refractivity contribution in [3.8, 4) is 0 Å². The van der Waals surface area contributed by atoms with Crippen molar-refractivity contribution < 1.29 is 13.5 Å². The first-order valence-corrected chi connectivity index (χ1v) is 8.14. The zero-order valence-corrected chi connectivity index (χ0v) is 12.3. The molecule has 0 radical (unpaired) electrons. The molecule has 0 aliphatic carbocycles. The van der Waals surface area contributed by atoms with E-state index < -0.39 is 10.0 Å². The number of rotatable bonds is 4. The minimum Gasteiger partial charge on any atom is -0.396 e. The van der Waals surface area contributed by atoms with Gasteiger partial charge >= 0.3 is 0 Å². The number of nitrogens with zero attached hydrogens (tertiary/aromatic N) is 1. The molecule has 1 fully saturated rings. The molecule has 0 spiro atoms. The zero-order chi connectivity index (χ0) is 13.2. The van der Waals surface area contributed by atoms with E-state index >= 15 is 0 Å². The molecule has 0 aromatic heterocycles. The first kappa shape index (κ1) is 14.0. The lowest BCUT2D eigenvalue weighted by atomic mass is 10.1. The maximum absolute atomic E-state index is 12.4. The van der Waals surface area contributed by atoms with Gasteiger partial charge in [-0.1, -0.05) is 12.1 Å². The first-order chi connectivity index (χ1) is 8.55. The highest BCUT2D eigenvalue weighted by molar-refractivity contribution is 9.10. The summed E-state index contributed by atoms with van der Waals surface area (Å²) < 4.78 is 27.0. The Kier molecular flexibility index (Phi) is 4.42. The van der Waals surface area contributed by atoms with Gasteiger partial charge in [-0.3, -0.25) is 0 Å². The Morgan fingerprint density at radius 2 is 2.11 bits per heavy atom. The molecule has 1 aliphatic rings. The number of hydrogen-bond donors (Lipinski definition) is 1. The molecular formula is C12H16BrNO3S. The normalized spacial score (nSPS) is 21.3. The van der Waals surface area contributed by atoms with Gasteiger partial charge in [0.05, 0.1) is 4.90 Å². The molecule has 2 rings (SSSR count). The average molecular weight is 334 g/mol. The van der Waals surface area contributed by atoms with Gasteiger partial charge in [0.25, 0.3) is 0 Å². The van der Waals surface area contributed by atoms with Crippen molar-refractivity contribution in [1.82, 2.24) is 4.31 Å². The lowest BCUT2D eigenvalue weighted by Crippen LogP contribution is -2.29. The topological polar surface area (TPSA) is 57.6 Å². The predicted molar refractivity (Wildman–Crippen MR) is 72.7 cm³/mol. The lowest BCUT2D eigenvalue weighted by Gasteiger charge is -2.17. The van der Waals surface area contributed by atoms with Gasteiger partial charge in [0.2, 0.25) is 10.0 Å². The summed E-state index contributed by atoms with van der Waals surface area (Å²) in [5, 5.41) is 8.90. The lowest BCUT2D eigenvalue weighted by molar-refractivity contribution is 0.259. The summed E-state index contributed by atoms with van der Waals surface area (Å²) in [6.07, 6.45) is 1.49. The Hall–Kier alpha value is -0.430. The van der Waals surface area contributed by atoms with Gasteiger partial charge in [0, 0.05) is 24.2 Å². The largest absolute Gasteiger partial charge is 0.396 e. The molecule has 1 N–H and O–H groups in total. The molecule has 1 unspecified atom stereocenters. The Bertz CT molecular complexity index is 518. The number of aliphatic hydroxyl groups excluding tert-OH is 1. The summed E-state index contributed by atoms with van der Waals surface area (Å²) in [6.45, 7) is 1.16. The van der Waals surface area contributed by atoms with E-state index in [9.17, 15) is 8.42 Å². The van der Waals surface area contributed by atoms with Crippen LogP contribution in [0.2, 0.25) is 0 Å². The van der Waals surface area contributed by atoms with Crippen molar-refractivity contribution in [1.29, 1.82) is 0 Å². The van der Waals surface area contributed by atoms with Gasteiger partial charge in [-0.05, 0) is 46.8 Å². The smallest absolute Gasteiger partial charge is 0.244 e. The third-order valence-electron chi connectivity index (χ3n) is 3.24. The van der Waals surface area contributed by atoms with Crippen LogP contribution < -0.4 is 0 Å². The number of halogens is 1. The zero-order valence-electron chi connectivity index (χ0n) is 9.92. The molecule has 0 saturated carbocycles. The van der Waals surface area contributed by atoms with Gasteiger partial charge in [-0.15, -0.1) is 0 Å². The van der Waals surface area contributed by atoms with Gasteiger partial charge in [0.15, 0.2) is 0 Å².